The summed E-state index contributed by atoms with van der Waals surface area (Å²) in [4.78, 5) is 32.3. The summed E-state index contributed by atoms with van der Waals surface area (Å²) < 4.78 is 16.2. The fourth-order valence-electron chi connectivity index (χ4n) is 3.05. The zero-order chi connectivity index (χ0) is 21.9. The molecule has 1 aliphatic rings. The highest BCUT2D eigenvalue weighted by atomic mass is 32.2. The molecule has 0 radical (unpaired) electrons. The van der Waals surface area contributed by atoms with Gasteiger partial charge in [0.1, 0.15) is 0 Å². The fourth-order valence-corrected chi connectivity index (χ4v) is 5.40. The van der Waals surface area contributed by atoms with E-state index in [1.165, 1.54) is 18.3 Å². The van der Waals surface area contributed by atoms with Crippen LogP contribution in [0.5, 0.6) is 0 Å². The second-order valence-electron chi connectivity index (χ2n) is 8.15. The molecule has 162 valence electrons. The summed E-state index contributed by atoms with van der Waals surface area (Å²) in [5.74, 6) is -0.183. The van der Waals surface area contributed by atoms with E-state index in [1.54, 1.807) is 23.2 Å². The summed E-state index contributed by atoms with van der Waals surface area (Å²) in [7, 11) is 0. The predicted octanol–water partition coefficient (Wildman–Crippen LogP) is 2.46. The Labute approximate surface area is 184 Å². The molecule has 10 heteroatoms. The molecular weight excluding hydrogens is 422 g/mol. The first-order chi connectivity index (χ1) is 14.2. The Morgan fingerprint density at radius 3 is 2.57 bits per heavy atom. The largest absolute Gasteiger partial charge is 0.593 e. The van der Waals surface area contributed by atoms with Crippen LogP contribution in [0.2, 0.25) is 0 Å². The second kappa shape index (κ2) is 9.34. The molecule has 8 nitrogen and oxygen atoms in total. The Balaban J connectivity index is 1.90. The lowest BCUT2D eigenvalue weighted by Gasteiger charge is -2.32. The molecule has 0 spiro atoms. The van der Waals surface area contributed by atoms with Crippen LogP contribution in [0.25, 0.3) is 10.4 Å². The van der Waals surface area contributed by atoms with Gasteiger partial charge >= 0.3 is 0 Å². The Kier molecular flexibility index (Phi) is 7.02. The maximum atomic E-state index is 13.1. The van der Waals surface area contributed by atoms with Crippen molar-refractivity contribution in [3.63, 3.8) is 0 Å². The van der Waals surface area contributed by atoms with Crippen molar-refractivity contribution in [2.45, 2.75) is 38.1 Å². The lowest BCUT2D eigenvalue weighted by Crippen LogP contribution is -2.45. The fraction of sp³-hybridized carbons (Fsp3) is 0.450. The van der Waals surface area contributed by atoms with Gasteiger partial charge in [-0.3, -0.25) is 9.59 Å². The number of benzene rings is 1. The molecule has 3 rings (SSSR count). The van der Waals surface area contributed by atoms with Gasteiger partial charge in [0, 0.05) is 51.1 Å². The standard InChI is InChI=1S/C20H27N5O3S2/c1-14(27)22-15-5-6-16(18(11-15)30(28)23-20(2,3)4)17-12-21-19(29-17)25-9-7-24(13-26)8-10-25/h5-6,11-13,23H,7-10H2,1-4H3,(H,22,27). The summed E-state index contributed by atoms with van der Waals surface area (Å²) >= 11 is 0.0560. The van der Waals surface area contributed by atoms with E-state index in [2.05, 4.69) is 19.9 Å². The zero-order valence-electron chi connectivity index (χ0n) is 17.6. The summed E-state index contributed by atoms with van der Waals surface area (Å²) in [6.07, 6.45) is 2.67. The Morgan fingerprint density at radius 1 is 1.27 bits per heavy atom. The van der Waals surface area contributed by atoms with Gasteiger partial charge in [0.15, 0.2) is 10.0 Å². The molecule has 1 saturated heterocycles. The molecular formula is C20H27N5O3S2. The highest BCUT2D eigenvalue weighted by Crippen LogP contribution is 2.36. The number of rotatable bonds is 6. The van der Waals surface area contributed by atoms with Crippen LogP contribution in [0, 0.1) is 0 Å². The lowest BCUT2D eigenvalue weighted by atomic mass is 10.1. The van der Waals surface area contributed by atoms with E-state index >= 15 is 0 Å². The summed E-state index contributed by atoms with van der Waals surface area (Å²) in [6.45, 7) is 10.1. The van der Waals surface area contributed by atoms with Crippen LogP contribution in [0.15, 0.2) is 29.3 Å². The molecule has 0 bridgehead atoms. The quantitative estimate of drug-likeness (QED) is 0.519. The van der Waals surface area contributed by atoms with Gasteiger partial charge < -0.3 is 19.7 Å². The third kappa shape index (κ3) is 5.72. The molecule has 1 aromatic carbocycles. The first-order valence-electron chi connectivity index (χ1n) is 9.68. The van der Waals surface area contributed by atoms with E-state index in [4.69, 9.17) is 0 Å². The number of aromatic nitrogens is 1. The minimum Gasteiger partial charge on any atom is -0.593 e. The number of hydrogen-bond acceptors (Lipinski definition) is 7. The average Bonchev–Trinajstić information content (AvgIpc) is 3.16. The molecule has 1 unspecified atom stereocenters. The summed E-state index contributed by atoms with van der Waals surface area (Å²) in [6, 6.07) is 5.41. The van der Waals surface area contributed by atoms with Gasteiger partial charge in [-0.05, 0) is 32.9 Å². The van der Waals surface area contributed by atoms with Crippen LogP contribution >= 0.6 is 11.3 Å². The van der Waals surface area contributed by atoms with Crippen molar-refractivity contribution in [3.05, 3.63) is 24.4 Å². The van der Waals surface area contributed by atoms with E-state index in [0.29, 0.717) is 23.7 Å². The van der Waals surface area contributed by atoms with Crippen molar-refractivity contribution in [2.75, 3.05) is 36.4 Å². The maximum Gasteiger partial charge on any atom is 0.221 e. The third-order valence-electron chi connectivity index (χ3n) is 4.39. The Morgan fingerprint density at radius 2 is 1.97 bits per heavy atom. The number of carbonyl (C=O) groups is 2. The number of piperazine rings is 1. The molecule has 2 amide bonds. The number of hydrogen-bond donors (Lipinski definition) is 2. The lowest BCUT2D eigenvalue weighted by molar-refractivity contribution is -0.118. The second-order valence-corrected chi connectivity index (χ2v) is 10.3. The van der Waals surface area contributed by atoms with E-state index in [0.717, 1.165) is 35.1 Å². The van der Waals surface area contributed by atoms with Crippen molar-refractivity contribution in [1.82, 2.24) is 14.6 Å². The highest BCUT2D eigenvalue weighted by Gasteiger charge is 2.26. The molecule has 2 heterocycles. The molecule has 1 fully saturated rings. The van der Waals surface area contributed by atoms with Crippen molar-refractivity contribution in [2.24, 2.45) is 0 Å². The summed E-state index contributed by atoms with van der Waals surface area (Å²) in [5, 5.41) is 3.63. The first kappa shape index (κ1) is 22.5. The molecule has 2 N–H and O–H groups in total. The number of amides is 2. The predicted molar refractivity (Wildman–Crippen MR) is 121 cm³/mol. The number of carbonyl (C=O) groups excluding carboxylic acids is 2. The number of anilines is 2. The SMILES string of the molecule is CC(=O)Nc1ccc(-c2cnc(N3CCN(C=O)CC3)s2)c([S+]([O-])NC(C)(C)C)c1. The average molecular weight is 450 g/mol. The molecule has 0 saturated carbocycles. The maximum absolute atomic E-state index is 13.1. The Bertz CT molecular complexity index is 904. The number of nitrogens with one attached hydrogen (secondary N) is 2. The molecule has 30 heavy (non-hydrogen) atoms. The van der Waals surface area contributed by atoms with E-state index in [1.807, 2.05) is 26.8 Å². The zero-order valence-corrected chi connectivity index (χ0v) is 19.2. The van der Waals surface area contributed by atoms with Gasteiger partial charge in [0.2, 0.25) is 12.3 Å². The molecule has 1 atom stereocenters. The van der Waals surface area contributed by atoms with E-state index in [9.17, 15) is 14.1 Å². The van der Waals surface area contributed by atoms with Gasteiger partial charge in [-0.2, -0.15) is 0 Å². The van der Waals surface area contributed by atoms with E-state index < -0.39 is 11.4 Å². The number of nitrogens with zero attached hydrogens (tertiary/aromatic N) is 3. The van der Waals surface area contributed by atoms with Crippen molar-refractivity contribution in [1.29, 1.82) is 0 Å². The first-order valence-corrected chi connectivity index (χ1v) is 11.6. The minimum atomic E-state index is -1.47. The van der Waals surface area contributed by atoms with Crippen molar-refractivity contribution >= 4 is 45.8 Å². The van der Waals surface area contributed by atoms with Crippen molar-refractivity contribution in [3.8, 4) is 10.4 Å². The van der Waals surface area contributed by atoms with Crippen LogP contribution in [0.1, 0.15) is 27.7 Å². The highest BCUT2D eigenvalue weighted by molar-refractivity contribution is 7.89. The monoisotopic (exact) mass is 449 g/mol. The van der Waals surface area contributed by atoms with Gasteiger partial charge in [0.05, 0.1) is 27.3 Å². The molecule has 0 aliphatic carbocycles. The van der Waals surface area contributed by atoms with Crippen LogP contribution in [0.4, 0.5) is 10.8 Å². The summed E-state index contributed by atoms with van der Waals surface area (Å²) in [5.41, 5.74) is 1.07. The Hall–Kier alpha value is -2.14. The van der Waals surface area contributed by atoms with Crippen LogP contribution < -0.4 is 14.9 Å². The van der Waals surface area contributed by atoms with Crippen LogP contribution in [-0.4, -0.2) is 58.5 Å². The topological polar surface area (TPSA) is 101 Å². The number of thiazole rings is 1. The minimum absolute atomic E-state index is 0.183. The third-order valence-corrected chi connectivity index (χ3v) is 7.02. The van der Waals surface area contributed by atoms with Crippen LogP contribution in [-0.2, 0) is 21.0 Å². The van der Waals surface area contributed by atoms with Crippen LogP contribution in [0.3, 0.4) is 0 Å². The molecule has 2 aromatic rings. The van der Waals surface area contributed by atoms with Gasteiger partial charge in [-0.15, -0.1) is 4.72 Å². The van der Waals surface area contributed by atoms with E-state index in [-0.39, 0.29) is 11.4 Å². The molecule has 1 aliphatic heterocycles. The smallest absolute Gasteiger partial charge is 0.221 e. The van der Waals surface area contributed by atoms with Crippen molar-refractivity contribution < 1.29 is 14.1 Å². The molecule has 1 aromatic heterocycles. The van der Waals surface area contributed by atoms with Gasteiger partial charge in [0.25, 0.3) is 0 Å². The normalized spacial score (nSPS) is 15.8. The van der Waals surface area contributed by atoms with Gasteiger partial charge in [-0.25, -0.2) is 4.98 Å². The van der Waals surface area contributed by atoms with Gasteiger partial charge in [-0.1, -0.05) is 11.3 Å².